The number of aliphatic carboxylic acids is 2. The van der Waals surface area contributed by atoms with Gasteiger partial charge in [0.1, 0.15) is 5.76 Å². The predicted molar refractivity (Wildman–Crippen MR) is 163 cm³/mol. The maximum atomic E-state index is 11.6. The van der Waals surface area contributed by atoms with E-state index in [1.807, 2.05) is 6.08 Å². The van der Waals surface area contributed by atoms with Crippen LogP contribution in [0.2, 0.25) is 0 Å². The number of carboxylic acid groups (broad SMARTS) is 2. The van der Waals surface area contributed by atoms with Gasteiger partial charge in [0.05, 0.1) is 12.2 Å². The van der Waals surface area contributed by atoms with Gasteiger partial charge >= 0.3 is 11.9 Å². The Labute approximate surface area is 247 Å². The van der Waals surface area contributed by atoms with E-state index in [4.69, 9.17) is 9.84 Å². The molecule has 2 saturated carbocycles. The number of carbonyl (C=O) groups is 2. The molecule has 0 radical (unpaired) electrons. The highest BCUT2D eigenvalue weighted by Crippen LogP contribution is 2.39. The molecular weight excluding hydrogens is 514 g/mol. The van der Waals surface area contributed by atoms with Crippen molar-refractivity contribution in [3.05, 3.63) is 47.3 Å². The Morgan fingerprint density at radius 1 is 1.02 bits per heavy atom. The summed E-state index contributed by atoms with van der Waals surface area (Å²) < 4.78 is 6.56. The smallest absolute Gasteiger partial charge is 0.335 e. The fourth-order valence-electron chi connectivity index (χ4n) is 7.52. The monoisotopic (exact) mass is 567 g/mol. The van der Waals surface area contributed by atoms with Crippen LogP contribution in [0.25, 0.3) is 0 Å². The summed E-state index contributed by atoms with van der Waals surface area (Å²) in [6.07, 6.45) is 22.7. The minimum atomic E-state index is -0.849. The van der Waals surface area contributed by atoms with Crippen LogP contribution < -0.4 is 0 Å². The molecule has 0 heterocycles. The first kappa shape index (κ1) is 31.6. The third-order valence-corrected chi connectivity index (χ3v) is 10.1. The summed E-state index contributed by atoms with van der Waals surface area (Å²) in [6, 6.07) is 0.342. The van der Waals surface area contributed by atoms with Crippen LogP contribution >= 0.6 is 0 Å². The Balaban J connectivity index is 1.39. The van der Waals surface area contributed by atoms with Crippen molar-refractivity contribution < 1.29 is 24.5 Å². The van der Waals surface area contributed by atoms with Gasteiger partial charge in [-0.25, -0.2) is 4.79 Å². The number of fused-ring (bicyclic) bond motifs is 1. The minimum absolute atomic E-state index is 0.206. The maximum absolute atomic E-state index is 11.6. The highest BCUT2D eigenvalue weighted by molar-refractivity contribution is 5.90. The van der Waals surface area contributed by atoms with Crippen LogP contribution in [-0.2, 0) is 14.3 Å². The van der Waals surface area contributed by atoms with Gasteiger partial charge in [-0.05, 0) is 118 Å². The van der Waals surface area contributed by atoms with Gasteiger partial charge in [-0.3, -0.25) is 9.69 Å². The average Bonchev–Trinajstić information content (AvgIpc) is 2.96. The van der Waals surface area contributed by atoms with Crippen LogP contribution in [0.4, 0.5) is 0 Å². The quantitative estimate of drug-likeness (QED) is 0.210. The second-order valence-electron chi connectivity index (χ2n) is 13.5. The lowest BCUT2D eigenvalue weighted by atomic mass is 9.72. The fraction of sp³-hybridized carbons (Fsp3) is 0.714. The first-order chi connectivity index (χ1) is 19.7. The Bertz CT molecular complexity index is 1020. The zero-order chi connectivity index (χ0) is 29.4. The van der Waals surface area contributed by atoms with E-state index in [2.05, 4.69) is 43.9 Å². The molecule has 0 spiro atoms. The van der Waals surface area contributed by atoms with E-state index in [-0.39, 0.29) is 12.3 Å². The molecule has 2 fully saturated rings. The summed E-state index contributed by atoms with van der Waals surface area (Å²) in [5.41, 5.74) is 1.72. The Morgan fingerprint density at radius 2 is 1.80 bits per heavy atom. The summed E-state index contributed by atoms with van der Waals surface area (Å²) in [5.74, 6) is 2.83. The van der Waals surface area contributed by atoms with Gasteiger partial charge in [0, 0.05) is 19.0 Å². The number of hydrogen-bond acceptors (Lipinski definition) is 4. The van der Waals surface area contributed by atoms with Crippen molar-refractivity contribution in [3.8, 4) is 0 Å². The Hall–Kier alpha value is -2.34. The van der Waals surface area contributed by atoms with Gasteiger partial charge in [-0.15, -0.1) is 0 Å². The molecule has 4 atom stereocenters. The van der Waals surface area contributed by atoms with Crippen LogP contribution in [-0.4, -0.2) is 52.8 Å². The number of rotatable bonds is 14. The van der Waals surface area contributed by atoms with Crippen molar-refractivity contribution in [2.24, 2.45) is 35.5 Å². The third kappa shape index (κ3) is 9.07. The summed E-state index contributed by atoms with van der Waals surface area (Å²) in [7, 11) is 0. The predicted octanol–water partition coefficient (Wildman–Crippen LogP) is 7.63. The molecular formula is C35H53NO5. The van der Waals surface area contributed by atoms with Crippen molar-refractivity contribution in [2.45, 2.75) is 104 Å². The molecule has 6 nitrogen and oxygen atoms in total. The molecule has 0 saturated heterocycles. The lowest BCUT2D eigenvalue weighted by Gasteiger charge is -2.43. The number of allylic oxidation sites excluding steroid dienone is 4. The summed E-state index contributed by atoms with van der Waals surface area (Å²) in [6.45, 7) is 9.55. The standard InChI is InChI=1S/C35H53NO5/c1-24(2)27-14-11-26(12-15-27)23-41-33-21-25(3)10-13-28(33)18-20-36(19-5-4-9-34(37)38)32-8-6-7-29-22-30(35(39)40)16-17-31(29)32/h13,16-17,21-22,24-27,29,31-32H,4-12,14-15,18-20,23H2,1-3H3,(H,37,38)(H,39,40)/t25?,26?,27?,29-,31?,32+/m1/s1. The largest absolute Gasteiger partial charge is 0.493 e. The van der Waals surface area contributed by atoms with Gasteiger partial charge < -0.3 is 14.9 Å². The summed E-state index contributed by atoms with van der Waals surface area (Å²) >= 11 is 0. The molecule has 4 rings (SSSR count). The lowest BCUT2D eigenvalue weighted by Crippen LogP contribution is -2.46. The lowest BCUT2D eigenvalue weighted by molar-refractivity contribution is -0.137. The molecule has 6 heteroatoms. The molecule has 4 aliphatic rings. The van der Waals surface area contributed by atoms with Crippen LogP contribution in [0.5, 0.6) is 0 Å². The minimum Gasteiger partial charge on any atom is -0.493 e. The van der Waals surface area contributed by atoms with E-state index in [9.17, 15) is 14.7 Å². The SMILES string of the molecule is CC1C=C(OCC2CCC(C(C)C)CC2)C(CCN(CCCCC(=O)O)[C@H]2CCC[C@@H]3C=C(C(=O)O)C=CC32)=CC1. The first-order valence-corrected chi connectivity index (χ1v) is 16.3. The van der Waals surface area contributed by atoms with Crippen molar-refractivity contribution in [1.82, 2.24) is 4.90 Å². The number of hydrogen-bond donors (Lipinski definition) is 2. The van der Waals surface area contributed by atoms with Crippen molar-refractivity contribution in [3.63, 3.8) is 0 Å². The van der Waals surface area contributed by atoms with Crippen LogP contribution in [0, 0.1) is 35.5 Å². The van der Waals surface area contributed by atoms with Crippen molar-refractivity contribution in [1.29, 1.82) is 0 Å². The fourth-order valence-corrected chi connectivity index (χ4v) is 7.52. The molecule has 4 aliphatic carbocycles. The molecule has 0 amide bonds. The van der Waals surface area contributed by atoms with Gasteiger partial charge in [0.2, 0.25) is 0 Å². The van der Waals surface area contributed by atoms with Gasteiger partial charge in [0.25, 0.3) is 0 Å². The molecule has 41 heavy (non-hydrogen) atoms. The average molecular weight is 568 g/mol. The van der Waals surface area contributed by atoms with E-state index in [0.29, 0.717) is 35.8 Å². The normalized spacial score (nSPS) is 29.9. The van der Waals surface area contributed by atoms with Crippen LogP contribution in [0.3, 0.4) is 0 Å². The van der Waals surface area contributed by atoms with Crippen LogP contribution in [0.1, 0.15) is 97.8 Å². The summed E-state index contributed by atoms with van der Waals surface area (Å²) in [5, 5.41) is 18.7. The first-order valence-electron chi connectivity index (χ1n) is 16.3. The third-order valence-electron chi connectivity index (χ3n) is 10.1. The van der Waals surface area contributed by atoms with E-state index < -0.39 is 11.9 Å². The second kappa shape index (κ2) is 15.2. The number of carboxylic acids is 2. The molecule has 2 unspecified atom stereocenters. The number of nitrogens with zero attached hydrogens (tertiary/aromatic N) is 1. The van der Waals surface area contributed by atoms with E-state index in [1.54, 1.807) is 6.08 Å². The van der Waals surface area contributed by atoms with E-state index >= 15 is 0 Å². The van der Waals surface area contributed by atoms with Gasteiger partial charge in [-0.1, -0.05) is 51.5 Å². The Morgan fingerprint density at radius 3 is 2.51 bits per heavy atom. The molecule has 0 aromatic heterocycles. The zero-order valence-electron chi connectivity index (χ0n) is 25.6. The highest BCUT2D eigenvalue weighted by atomic mass is 16.5. The highest BCUT2D eigenvalue weighted by Gasteiger charge is 2.36. The number of unbranched alkanes of at least 4 members (excludes halogenated alkanes) is 1. The number of ether oxygens (including phenoxy) is 1. The van der Waals surface area contributed by atoms with Gasteiger partial charge in [0.15, 0.2) is 0 Å². The molecule has 2 N–H and O–H groups in total. The zero-order valence-corrected chi connectivity index (χ0v) is 25.6. The molecule has 0 aromatic carbocycles. The molecule has 228 valence electrons. The van der Waals surface area contributed by atoms with E-state index in [1.165, 1.54) is 31.3 Å². The molecule has 0 aromatic rings. The van der Waals surface area contributed by atoms with Crippen molar-refractivity contribution in [2.75, 3.05) is 19.7 Å². The van der Waals surface area contributed by atoms with Crippen molar-refractivity contribution >= 4 is 11.9 Å². The topological polar surface area (TPSA) is 87.1 Å². The molecule has 0 aliphatic heterocycles. The summed E-state index contributed by atoms with van der Waals surface area (Å²) in [4.78, 5) is 25.3. The second-order valence-corrected chi connectivity index (χ2v) is 13.5. The Kier molecular flexibility index (Phi) is 11.7. The van der Waals surface area contributed by atoms with E-state index in [0.717, 1.165) is 75.8 Å². The van der Waals surface area contributed by atoms with Crippen LogP contribution in [0.15, 0.2) is 47.3 Å². The maximum Gasteiger partial charge on any atom is 0.335 e. The molecule has 0 bridgehead atoms. The van der Waals surface area contributed by atoms with Gasteiger partial charge in [-0.2, -0.15) is 0 Å².